The molecule has 0 bridgehead atoms. The third-order valence-electron chi connectivity index (χ3n) is 1.78. The van der Waals surface area contributed by atoms with Gasteiger partial charge in [-0.2, -0.15) is 0 Å². The Labute approximate surface area is 106 Å². The van der Waals surface area contributed by atoms with Gasteiger partial charge in [0.15, 0.2) is 7.85 Å². The Morgan fingerprint density at radius 2 is 2.06 bits per heavy atom. The zero-order valence-corrected chi connectivity index (χ0v) is 11.4. The van der Waals surface area contributed by atoms with Crippen LogP contribution in [0, 0.1) is 6.92 Å². The molecular formula is C11H14BClO2S. The van der Waals surface area contributed by atoms with Gasteiger partial charge in [0.2, 0.25) is 5.12 Å². The zero-order valence-electron chi connectivity index (χ0n) is 9.83. The molecule has 5 heteroatoms. The van der Waals surface area contributed by atoms with Gasteiger partial charge in [0.25, 0.3) is 0 Å². The highest BCUT2D eigenvalue weighted by atomic mass is 35.7. The second-order valence-electron chi connectivity index (χ2n) is 4.61. The van der Waals surface area contributed by atoms with E-state index in [1.54, 1.807) is 12.1 Å². The van der Waals surface area contributed by atoms with Crippen LogP contribution in [-0.4, -0.2) is 18.5 Å². The smallest absolute Gasteiger partial charge is 0.234 e. The quantitative estimate of drug-likeness (QED) is 0.778. The fourth-order valence-electron chi connectivity index (χ4n) is 1.32. The van der Waals surface area contributed by atoms with Crippen molar-refractivity contribution < 1.29 is 9.53 Å². The molecule has 0 amide bonds. The summed E-state index contributed by atoms with van der Waals surface area (Å²) >= 11 is 0. The number of carbonyl (C=O) groups excluding carboxylic acids is 1. The van der Waals surface area contributed by atoms with Crippen LogP contribution in [0.15, 0.2) is 18.2 Å². The molecule has 1 rings (SSSR count). The molecule has 0 atom stereocenters. The molecule has 86 valence electrons. The molecule has 0 aliphatic carbocycles. The Morgan fingerprint density at radius 1 is 1.44 bits per heavy atom. The number of ether oxygens (including phenoxy) is 1. The van der Waals surface area contributed by atoms with Crippen molar-refractivity contribution in [2.75, 3.05) is 0 Å². The van der Waals surface area contributed by atoms with E-state index in [4.69, 9.17) is 15.4 Å². The first kappa shape index (κ1) is 13.5. The van der Waals surface area contributed by atoms with Crippen LogP contribution in [0.25, 0.3) is 0 Å². The molecule has 0 aliphatic heterocycles. The van der Waals surface area contributed by atoms with Crippen molar-refractivity contribution in [2.24, 2.45) is 0 Å². The first-order valence-electron chi connectivity index (χ1n) is 4.95. The summed E-state index contributed by atoms with van der Waals surface area (Å²) < 4.78 is 5.71. The molecule has 0 unspecified atom stereocenters. The van der Waals surface area contributed by atoms with Crippen LogP contribution in [0.3, 0.4) is 0 Å². The van der Waals surface area contributed by atoms with Gasteiger partial charge >= 0.3 is 0 Å². The molecule has 0 heterocycles. The summed E-state index contributed by atoms with van der Waals surface area (Å²) in [4.78, 5) is 11.5. The number of benzene rings is 1. The lowest BCUT2D eigenvalue weighted by atomic mass is 9.86. The van der Waals surface area contributed by atoms with Gasteiger partial charge < -0.3 is 4.74 Å². The number of halogens is 1. The number of aryl methyl sites for hydroxylation is 1. The number of rotatable bonds is 3. The van der Waals surface area contributed by atoms with Crippen LogP contribution in [0.4, 0.5) is 0 Å². The van der Waals surface area contributed by atoms with Crippen molar-refractivity contribution in [3.8, 4) is 5.75 Å². The van der Waals surface area contributed by atoms with Crippen molar-refractivity contribution in [1.82, 2.24) is 0 Å². The highest BCUT2D eigenvalue weighted by molar-refractivity contribution is 8.33. The highest BCUT2D eigenvalue weighted by Gasteiger charge is 2.14. The minimum absolute atomic E-state index is 0.163. The van der Waals surface area contributed by atoms with Gasteiger partial charge in [-0.3, -0.25) is 4.79 Å². The minimum Gasteiger partial charge on any atom is -0.497 e. The normalized spacial score (nSPS) is 11.2. The molecule has 0 radical (unpaired) electrons. The molecule has 2 nitrogen and oxygen atoms in total. The van der Waals surface area contributed by atoms with Crippen molar-refractivity contribution >= 4 is 34.6 Å². The molecule has 0 N–H and O–H groups in total. The molecule has 0 saturated carbocycles. The number of hydrogen-bond acceptors (Lipinski definition) is 3. The molecule has 16 heavy (non-hydrogen) atoms. The Kier molecular flexibility index (Phi) is 4.33. The van der Waals surface area contributed by atoms with Crippen LogP contribution in [0.5, 0.6) is 5.75 Å². The van der Waals surface area contributed by atoms with Crippen molar-refractivity contribution in [1.29, 1.82) is 0 Å². The monoisotopic (exact) mass is 256 g/mol. The lowest BCUT2D eigenvalue weighted by Gasteiger charge is -2.22. The molecule has 0 fully saturated rings. The third kappa shape index (κ3) is 4.10. The first-order chi connectivity index (χ1) is 7.31. The van der Waals surface area contributed by atoms with E-state index in [0.29, 0.717) is 22.3 Å². The summed E-state index contributed by atoms with van der Waals surface area (Å²) in [6.07, 6.45) is 0. The summed E-state index contributed by atoms with van der Waals surface area (Å²) in [5.41, 5.74) is 1.28. The number of carbonyl (C=O) groups is 1. The SMILES string of the molecule is BC(C)(C)Oc1cc(C)cc(C(=O)SCl)c1. The summed E-state index contributed by atoms with van der Waals surface area (Å²) in [5, 5.41) is -0.163. The predicted molar refractivity (Wildman–Crippen MR) is 72.2 cm³/mol. The molecule has 0 aliphatic rings. The lowest BCUT2D eigenvalue weighted by Crippen LogP contribution is -2.28. The van der Waals surface area contributed by atoms with Crippen molar-refractivity contribution in [2.45, 2.75) is 26.3 Å². The Hall–Kier alpha value is -0.605. The van der Waals surface area contributed by atoms with Gasteiger partial charge in [-0.1, -0.05) is 0 Å². The van der Waals surface area contributed by atoms with E-state index in [-0.39, 0.29) is 10.6 Å². The fraction of sp³-hybridized carbons (Fsp3) is 0.364. The van der Waals surface area contributed by atoms with E-state index < -0.39 is 0 Å². The third-order valence-corrected chi connectivity index (χ3v) is 2.58. The maximum absolute atomic E-state index is 11.5. The number of hydrogen-bond donors (Lipinski definition) is 0. The van der Waals surface area contributed by atoms with Crippen LogP contribution >= 0.6 is 21.7 Å². The van der Waals surface area contributed by atoms with E-state index in [1.165, 1.54) is 0 Å². The van der Waals surface area contributed by atoms with E-state index in [9.17, 15) is 4.79 Å². The predicted octanol–water partition coefficient (Wildman–Crippen LogP) is 2.77. The second-order valence-corrected chi connectivity index (χ2v) is 5.60. The maximum Gasteiger partial charge on any atom is 0.234 e. The van der Waals surface area contributed by atoms with Crippen LogP contribution < -0.4 is 4.74 Å². The minimum atomic E-state index is -0.276. The van der Waals surface area contributed by atoms with E-state index >= 15 is 0 Å². The molecule has 0 aromatic heterocycles. The lowest BCUT2D eigenvalue weighted by molar-refractivity contribution is 0.108. The molecule has 1 aromatic carbocycles. The summed E-state index contributed by atoms with van der Waals surface area (Å²) in [6.45, 7) is 5.85. The largest absolute Gasteiger partial charge is 0.497 e. The molecule has 0 saturated heterocycles. The van der Waals surface area contributed by atoms with Gasteiger partial charge in [0, 0.05) is 16.5 Å². The maximum atomic E-state index is 11.5. The van der Waals surface area contributed by atoms with Crippen LogP contribution in [0.2, 0.25) is 0 Å². The van der Waals surface area contributed by atoms with E-state index in [2.05, 4.69) is 0 Å². The Morgan fingerprint density at radius 3 is 2.56 bits per heavy atom. The average molecular weight is 257 g/mol. The van der Waals surface area contributed by atoms with Gasteiger partial charge in [0.1, 0.15) is 5.75 Å². The van der Waals surface area contributed by atoms with Gasteiger partial charge in [-0.25, -0.2) is 0 Å². The summed E-state index contributed by atoms with van der Waals surface area (Å²) in [6, 6.07) is 5.42. The standard InChI is InChI=1S/C11H14BClO2S/c1-7-4-8(10(14)16-13)6-9(5-7)15-11(2,3)12/h4-6H,12H2,1-3H3. The molecular weight excluding hydrogens is 242 g/mol. The Bertz CT molecular complexity index is 401. The van der Waals surface area contributed by atoms with Gasteiger partial charge in [0.05, 0.1) is 5.50 Å². The zero-order chi connectivity index (χ0) is 12.3. The molecule has 0 spiro atoms. The topological polar surface area (TPSA) is 26.3 Å². The highest BCUT2D eigenvalue weighted by Crippen LogP contribution is 2.24. The van der Waals surface area contributed by atoms with E-state index in [0.717, 1.165) is 5.56 Å². The first-order valence-corrected chi connectivity index (χ1v) is 6.60. The van der Waals surface area contributed by atoms with Crippen molar-refractivity contribution in [3.63, 3.8) is 0 Å². The summed E-state index contributed by atoms with van der Waals surface area (Å²) in [7, 11) is 8.11. The fourth-order valence-corrected chi connectivity index (χ4v) is 1.80. The van der Waals surface area contributed by atoms with Gasteiger partial charge in [-0.05, 0) is 55.2 Å². The van der Waals surface area contributed by atoms with E-state index in [1.807, 2.05) is 34.7 Å². The second kappa shape index (κ2) is 5.15. The van der Waals surface area contributed by atoms with Crippen molar-refractivity contribution in [3.05, 3.63) is 29.3 Å². The van der Waals surface area contributed by atoms with Gasteiger partial charge in [-0.15, -0.1) is 0 Å². The van der Waals surface area contributed by atoms with Crippen LogP contribution in [0.1, 0.15) is 29.8 Å². The average Bonchev–Trinajstić information content (AvgIpc) is 2.12. The summed E-state index contributed by atoms with van der Waals surface area (Å²) in [5.74, 6) is 0.696. The van der Waals surface area contributed by atoms with Crippen LogP contribution in [-0.2, 0) is 0 Å². The Balaban J connectivity index is 3.03. The molecule has 1 aromatic rings.